The Morgan fingerprint density at radius 2 is 2.31 bits per heavy atom. The Morgan fingerprint density at radius 1 is 1.54 bits per heavy atom. The highest BCUT2D eigenvalue weighted by Crippen LogP contribution is 2.34. The molecule has 1 aliphatic rings. The second-order valence-corrected chi connectivity index (χ2v) is 3.73. The molecule has 1 amide bonds. The van der Waals surface area contributed by atoms with Crippen molar-refractivity contribution < 1.29 is 4.79 Å². The molecule has 1 aliphatic carbocycles. The second kappa shape index (κ2) is 2.83. The minimum atomic E-state index is -0.0689. The minimum absolute atomic E-state index is 0.0363. The molecule has 2 rings (SSSR count). The van der Waals surface area contributed by atoms with Crippen LogP contribution in [0.1, 0.15) is 30.3 Å². The van der Waals surface area contributed by atoms with E-state index in [0.29, 0.717) is 5.69 Å². The Kier molecular flexibility index (Phi) is 1.79. The van der Waals surface area contributed by atoms with E-state index in [-0.39, 0.29) is 11.4 Å². The molecule has 0 bridgehead atoms. The largest absolute Gasteiger partial charge is 0.346 e. The summed E-state index contributed by atoms with van der Waals surface area (Å²) in [7, 11) is 0. The molecule has 3 heteroatoms. The van der Waals surface area contributed by atoms with Gasteiger partial charge in [-0.15, -0.1) is 0 Å². The van der Waals surface area contributed by atoms with Crippen molar-refractivity contribution in [3.63, 3.8) is 0 Å². The van der Waals surface area contributed by atoms with Crippen LogP contribution < -0.4 is 5.32 Å². The fourth-order valence-corrected chi connectivity index (χ4v) is 1.15. The highest BCUT2D eigenvalue weighted by atomic mass is 16.2. The van der Waals surface area contributed by atoms with Gasteiger partial charge >= 0.3 is 0 Å². The van der Waals surface area contributed by atoms with Crippen molar-refractivity contribution in [1.29, 1.82) is 0 Å². The predicted molar refractivity (Wildman–Crippen MR) is 49.3 cm³/mol. The molecule has 1 fully saturated rings. The lowest BCUT2D eigenvalue weighted by Crippen LogP contribution is -2.34. The first-order chi connectivity index (χ1) is 6.20. The second-order valence-electron chi connectivity index (χ2n) is 3.73. The quantitative estimate of drug-likeness (QED) is 0.739. The number of aromatic nitrogens is 1. The minimum Gasteiger partial charge on any atom is -0.346 e. The molecule has 3 nitrogen and oxygen atoms in total. The van der Waals surface area contributed by atoms with E-state index in [1.807, 2.05) is 13.0 Å². The van der Waals surface area contributed by atoms with Gasteiger partial charge < -0.3 is 5.32 Å². The van der Waals surface area contributed by atoms with Crippen molar-refractivity contribution in [3.8, 4) is 0 Å². The first kappa shape index (κ1) is 8.23. The summed E-state index contributed by atoms with van der Waals surface area (Å²) in [6.45, 7) is 2.05. The van der Waals surface area contributed by atoms with E-state index < -0.39 is 0 Å². The normalized spacial score (nSPS) is 17.9. The number of hydrogen-bond donors (Lipinski definition) is 1. The molecule has 0 aromatic carbocycles. The Morgan fingerprint density at radius 3 is 2.85 bits per heavy atom. The molecule has 1 N–H and O–H groups in total. The summed E-state index contributed by atoms with van der Waals surface area (Å²) < 4.78 is 0. The van der Waals surface area contributed by atoms with Crippen LogP contribution >= 0.6 is 0 Å². The summed E-state index contributed by atoms with van der Waals surface area (Å²) in [5.41, 5.74) is 0.532. The van der Waals surface area contributed by atoms with E-state index >= 15 is 0 Å². The number of carbonyl (C=O) groups is 1. The number of pyridine rings is 1. The number of amides is 1. The topological polar surface area (TPSA) is 42.0 Å². The molecule has 68 valence electrons. The Hall–Kier alpha value is -1.38. The summed E-state index contributed by atoms with van der Waals surface area (Å²) in [5.74, 6) is -0.0689. The molecular formula is C10H12N2O. The van der Waals surface area contributed by atoms with E-state index in [1.165, 1.54) is 0 Å². The molecule has 1 heterocycles. The van der Waals surface area contributed by atoms with E-state index in [1.54, 1.807) is 18.3 Å². The zero-order valence-electron chi connectivity index (χ0n) is 7.58. The lowest BCUT2D eigenvalue weighted by molar-refractivity contribution is 0.0930. The predicted octanol–water partition coefficient (Wildman–Crippen LogP) is 1.36. The molecule has 0 unspecified atom stereocenters. The van der Waals surface area contributed by atoms with Gasteiger partial charge in [-0.3, -0.25) is 9.78 Å². The van der Waals surface area contributed by atoms with Crippen molar-refractivity contribution in [2.24, 2.45) is 0 Å². The zero-order chi connectivity index (χ0) is 9.31. The maximum absolute atomic E-state index is 11.5. The molecule has 1 aromatic heterocycles. The number of rotatable bonds is 2. The van der Waals surface area contributed by atoms with Crippen molar-refractivity contribution in [2.75, 3.05) is 0 Å². The van der Waals surface area contributed by atoms with Gasteiger partial charge in [0, 0.05) is 11.7 Å². The maximum atomic E-state index is 11.5. The van der Waals surface area contributed by atoms with Gasteiger partial charge in [0.15, 0.2) is 0 Å². The summed E-state index contributed by atoms with van der Waals surface area (Å²) in [5, 5.41) is 2.95. The van der Waals surface area contributed by atoms with Gasteiger partial charge in [-0.05, 0) is 31.9 Å². The highest BCUT2D eigenvalue weighted by Gasteiger charge is 2.38. The third-order valence-electron chi connectivity index (χ3n) is 2.31. The van der Waals surface area contributed by atoms with Gasteiger partial charge in [-0.1, -0.05) is 6.07 Å². The van der Waals surface area contributed by atoms with Crippen molar-refractivity contribution in [3.05, 3.63) is 30.1 Å². The molecule has 13 heavy (non-hydrogen) atoms. The maximum Gasteiger partial charge on any atom is 0.270 e. The van der Waals surface area contributed by atoms with Crippen LogP contribution in [-0.2, 0) is 0 Å². The van der Waals surface area contributed by atoms with Crippen LogP contribution in [0.5, 0.6) is 0 Å². The fraction of sp³-hybridized carbons (Fsp3) is 0.400. The Labute approximate surface area is 77.2 Å². The van der Waals surface area contributed by atoms with Gasteiger partial charge in [-0.25, -0.2) is 0 Å². The Bertz CT molecular complexity index is 317. The highest BCUT2D eigenvalue weighted by molar-refractivity contribution is 5.92. The van der Waals surface area contributed by atoms with Crippen LogP contribution in [0.3, 0.4) is 0 Å². The molecule has 0 atom stereocenters. The summed E-state index contributed by atoms with van der Waals surface area (Å²) in [6.07, 6.45) is 3.78. The first-order valence-corrected chi connectivity index (χ1v) is 4.43. The van der Waals surface area contributed by atoms with E-state index in [4.69, 9.17) is 0 Å². The number of hydrogen-bond acceptors (Lipinski definition) is 2. The molecule has 1 saturated carbocycles. The molecule has 0 radical (unpaired) electrons. The standard InChI is InChI=1S/C10H12N2O/c1-10(5-6-10)12-9(13)8-4-2-3-7-11-8/h2-4,7H,5-6H2,1H3,(H,12,13). The average Bonchev–Trinajstić information content (AvgIpc) is 2.85. The first-order valence-electron chi connectivity index (χ1n) is 4.43. The van der Waals surface area contributed by atoms with Crippen LogP contribution in [0.25, 0.3) is 0 Å². The van der Waals surface area contributed by atoms with Gasteiger partial charge in [0.2, 0.25) is 0 Å². The van der Waals surface area contributed by atoms with Crippen molar-refractivity contribution >= 4 is 5.91 Å². The van der Waals surface area contributed by atoms with Crippen LogP contribution in [0.2, 0.25) is 0 Å². The summed E-state index contributed by atoms with van der Waals surface area (Å²) in [6, 6.07) is 5.34. The summed E-state index contributed by atoms with van der Waals surface area (Å²) in [4.78, 5) is 15.5. The Balaban J connectivity index is 2.06. The fourth-order valence-electron chi connectivity index (χ4n) is 1.15. The molecule has 1 aromatic rings. The number of carbonyl (C=O) groups excluding carboxylic acids is 1. The van der Waals surface area contributed by atoms with Crippen molar-refractivity contribution in [2.45, 2.75) is 25.3 Å². The SMILES string of the molecule is CC1(NC(=O)c2ccccn2)CC1. The molecule has 0 spiro atoms. The number of nitrogens with one attached hydrogen (secondary N) is 1. The smallest absolute Gasteiger partial charge is 0.270 e. The van der Waals surface area contributed by atoms with Crippen LogP contribution in [0.15, 0.2) is 24.4 Å². The molecule has 0 saturated heterocycles. The average molecular weight is 176 g/mol. The third kappa shape index (κ3) is 1.86. The van der Waals surface area contributed by atoms with Crippen LogP contribution in [0, 0.1) is 0 Å². The zero-order valence-corrected chi connectivity index (χ0v) is 7.58. The van der Waals surface area contributed by atoms with Gasteiger partial charge in [-0.2, -0.15) is 0 Å². The number of nitrogens with zero attached hydrogens (tertiary/aromatic N) is 1. The lowest BCUT2D eigenvalue weighted by atomic mass is 10.3. The van der Waals surface area contributed by atoms with E-state index in [2.05, 4.69) is 10.3 Å². The van der Waals surface area contributed by atoms with Crippen LogP contribution in [-0.4, -0.2) is 16.4 Å². The molecular weight excluding hydrogens is 164 g/mol. The van der Waals surface area contributed by atoms with E-state index in [9.17, 15) is 4.79 Å². The van der Waals surface area contributed by atoms with Gasteiger partial charge in [0.25, 0.3) is 5.91 Å². The lowest BCUT2D eigenvalue weighted by Gasteiger charge is -2.10. The van der Waals surface area contributed by atoms with E-state index in [0.717, 1.165) is 12.8 Å². The van der Waals surface area contributed by atoms with Gasteiger partial charge in [0.1, 0.15) is 5.69 Å². The van der Waals surface area contributed by atoms with Crippen LogP contribution in [0.4, 0.5) is 0 Å². The monoisotopic (exact) mass is 176 g/mol. The third-order valence-corrected chi connectivity index (χ3v) is 2.31. The van der Waals surface area contributed by atoms with Crippen molar-refractivity contribution in [1.82, 2.24) is 10.3 Å². The summed E-state index contributed by atoms with van der Waals surface area (Å²) >= 11 is 0. The molecule has 0 aliphatic heterocycles. The van der Waals surface area contributed by atoms with Gasteiger partial charge in [0.05, 0.1) is 0 Å².